The predicted molar refractivity (Wildman–Crippen MR) is 123 cm³/mol. The molecule has 4 fully saturated rings. The maximum Gasteiger partial charge on any atom is 0.133 e. The quantitative estimate of drug-likeness (QED) is 0.456. The highest BCUT2D eigenvalue weighted by molar-refractivity contribution is 5.79. The standard InChI is InChI=1S/C28H48O/c1-19(2)8-6-9-20(3)24-13-14-25-23-12-11-21-18-22(29)10-7-16-27(21,4)26(23)15-17-28(24,25)5/h19-21,23-26H,6-18H2,1-5H3/t20-,21+,23+,24+,25-,26-,27+,28-/m1/s1. The van der Waals surface area contributed by atoms with E-state index < -0.39 is 0 Å². The topological polar surface area (TPSA) is 17.1 Å². The molecule has 4 saturated carbocycles. The van der Waals surface area contributed by atoms with Crippen LogP contribution in [0.3, 0.4) is 0 Å². The molecule has 0 aliphatic heterocycles. The Morgan fingerprint density at radius 3 is 2.41 bits per heavy atom. The van der Waals surface area contributed by atoms with E-state index >= 15 is 0 Å². The Hall–Kier alpha value is -0.330. The highest BCUT2D eigenvalue weighted by Crippen LogP contribution is 2.68. The number of hydrogen-bond donors (Lipinski definition) is 0. The molecule has 0 bridgehead atoms. The number of fused-ring (bicyclic) bond motifs is 5. The normalized spacial score (nSPS) is 46.0. The van der Waals surface area contributed by atoms with Crippen molar-refractivity contribution in [1.82, 2.24) is 0 Å². The van der Waals surface area contributed by atoms with Crippen molar-refractivity contribution in [3.63, 3.8) is 0 Å². The lowest BCUT2D eigenvalue weighted by Gasteiger charge is -2.59. The molecule has 1 nitrogen and oxygen atoms in total. The van der Waals surface area contributed by atoms with E-state index in [0.29, 0.717) is 22.5 Å². The number of carbonyl (C=O) groups excluding carboxylic acids is 1. The van der Waals surface area contributed by atoms with Crippen LogP contribution in [0.15, 0.2) is 0 Å². The van der Waals surface area contributed by atoms with Crippen LogP contribution in [0.1, 0.15) is 118 Å². The van der Waals surface area contributed by atoms with E-state index in [9.17, 15) is 4.79 Å². The minimum absolute atomic E-state index is 0.456. The molecule has 0 spiro atoms. The Balaban J connectivity index is 1.48. The van der Waals surface area contributed by atoms with Gasteiger partial charge in [-0.15, -0.1) is 0 Å². The Labute approximate surface area is 181 Å². The van der Waals surface area contributed by atoms with E-state index in [-0.39, 0.29) is 0 Å². The average molecular weight is 401 g/mol. The SMILES string of the molecule is CC(C)CCC[C@@H](C)[C@@H]1CC[C@@H]2[C@@H]3CC[C@H]4CC(=O)CCC[C@]4(C)[C@@H]3CC[C@@]21C. The molecule has 0 aromatic rings. The summed E-state index contributed by atoms with van der Waals surface area (Å²) < 4.78 is 0. The van der Waals surface area contributed by atoms with Crippen LogP contribution in [0.2, 0.25) is 0 Å². The van der Waals surface area contributed by atoms with Crippen molar-refractivity contribution in [2.75, 3.05) is 0 Å². The van der Waals surface area contributed by atoms with Gasteiger partial charge in [-0.3, -0.25) is 4.79 Å². The Bertz CT molecular complexity index is 593. The van der Waals surface area contributed by atoms with E-state index in [4.69, 9.17) is 0 Å². The number of hydrogen-bond acceptors (Lipinski definition) is 1. The van der Waals surface area contributed by atoms with Crippen molar-refractivity contribution < 1.29 is 4.79 Å². The first-order chi connectivity index (χ1) is 13.8. The largest absolute Gasteiger partial charge is 0.300 e. The summed E-state index contributed by atoms with van der Waals surface area (Å²) in [4.78, 5) is 12.3. The molecular formula is C28H48O. The van der Waals surface area contributed by atoms with Gasteiger partial charge in [0.2, 0.25) is 0 Å². The van der Waals surface area contributed by atoms with Crippen molar-refractivity contribution in [3.05, 3.63) is 0 Å². The molecule has 0 heterocycles. The zero-order valence-electron chi connectivity index (χ0n) is 20.1. The van der Waals surface area contributed by atoms with E-state index in [1.54, 1.807) is 0 Å². The molecule has 29 heavy (non-hydrogen) atoms. The van der Waals surface area contributed by atoms with Gasteiger partial charge >= 0.3 is 0 Å². The molecule has 4 rings (SSSR count). The van der Waals surface area contributed by atoms with Gasteiger partial charge < -0.3 is 0 Å². The molecule has 166 valence electrons. The minimum atomic E-state index is 0.456. The average Bonchev–Trinajstić information content (AvgIpc) is 2.92. The molecule has 4 aliphatic rings. The fraction of sp³-hybridized carbons (Fsp3) is 0.964. The summed E-state index contributed by atoms with van der Waals surface area (Å²) >= 11 is 0. The first-order valence-corrected chi connectivity index (χ1v) is 13.3. The van der Waals surface area contributed by atoms with Gasteiger partial charge in [0.15, 0.2) is 0 Å². The molecule has 0 amide bonds. The van der Waals surface area contributed by atoms with Gasteiger partial charge in [0.25, 0.3) is 0 Å². The van der Waals surface area contributed by atoms with Crippen LogP contribution >= 0.6 is 0 Å². The van der Waals surface area contributed by atoms with Gasteiger partial charge in [0.05, 0.1) is 0 Å². The van der Waals surface area contributed by atoms with Crippen molar-refractivity contribution in [1.29, 1.82) is 0 Å². The number of carbonyl (C=O) groups is 1. The van der Waals surface area contributed by atoms with E-state index in [1.807, 2.05) is 0 Å². The van der Waals surface area contributed by atoms with Crippen molar-refractivity contribution in [3.8, 4) is 0 Å². The fourth-order valence-corrected chi connectivity index (χ4v) is 9.33. The number of Topliss-reactive ketones (excluding diaryl/α,β-unsaturated/α-hetero) is 1. The lowest BCUT2D eigenvalue weighted by atomic mass is 9.46. The Morgan fingerprint density at radius 2 is 1.66 bits per heavy atom. The Morgan fingerprint density at radius 1 is 0.897 bits per heavy atom. The first-order valence-electron chi connectivity index (χ1n) is 13.3. The summed E-state index contributed by atoms with van der Waals surface area (Å²) in [7, 11) is 0. The van der Waals surface area contributed by atoms with Crippen LogP contribution in [0, 0.1) is 52.3 Å². The Kier molecular flexibility index (Phi) is 6.27. The fourth-order valence-electron chi connectivity index (χ4n) is 9.33. The zero-order valence-corrected chi connectivity index (χ0v) is 20.1. The summed E-state index contributed by atoms with van der Waals surface area (Å²) in [6, 6.07) is 0. The van der Waals surface area contributed by atoms with Crippen LogP contribution in [-0.2, 0) is 4.79 Å². The minimum Gasteiger partial charge on any atom is -0.300 e. The second-order valence-electron chi connectivity index (χ2n) is 12.8. The highest BCUT2D eigenvalue weighted by atomic mass is 16.1. The van der Waals surface area contributed by atoms with Crippen LogP contribution in [0.5, 0.6) is 0 Å². The second kappa shape index (κ2) is 8.31. The molecule has 0 saturated heterocycles. The summed E-state index contributed by atoms with van der Waals surface area (Å²) in [5.41, 5.74) is 1.06. The van der Waals surface area contributed by atoms with Crippen LogP contribution in [-0.4, -0.2) is 5.78 Å². The molecule has 0 aromatic heterocycles. The molecule has 0 radical (unpaired) electrons. The lowest BCUT2D eigenvalue weighted by Crippen LogP contribution is -2.52. The highest BCUT2D eigenvalue weighted by Gasteiger charge is 2.60. The zero-order chi connectivity index (χ0) is 20.8. The van der Waals surface area contributed by atoms with Crippen LogP contribution < -0.4 is 0 Å². The molecule has 8 atom stereocenters. The molecule has 0 N–H and O–H groups in total. The lowest BCUT2D eigenvalue weighted by molar-refractivity contribution is -0.124. The maximum absolute atomic E-state index is 12.3. The van der Waals surface area contributed by atoms with Crippen molar-refractivity contribution in [2.45, 2.75) is 118 Å². The molecule has 0 unspecified atom stereocenters. The summed E-state index contributed by atoms with van der Waals surface area (Å²) in [6.45, 7) is 12.6. The van der Waals surface area contributed by atoms with E-state index in [1.165, 1.54) is 64.2 Å². The molecule has 1 heteroatoms. The monoisotopic (exact) mass is 400 g/mol. The second-order valence-corrected chi connectivity index (χ2v) is 12.8. The third kappa shape index (κ3) is 3.87. The van der Waals surface area contributed by atoms with Crippen LogP contribution in [0.25, 0.3) is 0 Å². The van der Waals surface area contributed by atoms with Crippen LogP contribution in [0.4, 0.5) is 0 Å². The molecule has 0 aromatic carbocycles. The van der Waals surface area contributed by atoms with Gasteiger partial charge in [-0.2, -0.15) is 0 Å². The van der Waals surface area contributed by atoms with Crippen molar-refractivity contribution >= 4 is 5.78 Å². The van der Waals surface area contributed by atoms with Crippen molar-refractivity contribution in [2.24, 2.45) is 52.3 Å². The number of rotatable bonds is 5. The molecule has 4 aliphatic carbocycles. The smallest absolute Gasteiger partial charge is 0.133 e. The first kappa shape index (κ1) is 21.9. The summed E-state index contributed by atoms with van der Waals surface area (Å²) in [5.74, 6) is 6.80. The van der Waals surface area contributed by atoms with Gasteiger partial charge in [0.1, 0.15) is 5.78 Å². The number of ketones is 1. The summed E-state index contributed by atoms with van der Waals surface area (Å²) in [5, 5.41) is 0. The maximum atomic E-state index is 12.3. The third-order valence-corrected chi connectivity index (χ3v) is 10.9. The third-order valence-electron chi connectivity index (χ3n) is 10.9. The summed E-state index contributed by atoms with van der Waals surface area (Å²) in [6.07, 6.45) is 17.2. The van der Waals surface area contributed by atoms with E-state index in [0.717, 1.165) is 54.8 Å². The van der Waals surface area contributed by atoms with E-state index in [2.05, 4.69) is 34.6 Å². The predicted octanol–water partition coefficient (Wildman–Crippen LogP) is 8.07. The van der Waals surface area contributed by atoms with Gasteiger partial charge in [-0.25, -0.2) is 0 Å². The van der Waals surface area contributed by atoms with Gasteiger partial charge in [-0.1, -0.05) is 53.9 Å². The van der Waals surface area contributed by atoms with Gasteiger partial charge in [0, 0.05) is 12.8 Å². The van der Waals surface area contributed by atoms with Gasteiger partial charge in [-0.05, 0) is 104 Å². The molecular weight excluding hydrogens is 352 g/mol.